The molecule has 1 aliphatic rings. The van der Waals surface area contributed by atoms with Crippen molar-refractivity contribution in [3.63, 3.8) is 0 Å². The van der Waals surface area contributed by atoms with Crippen LogP contribution in [0.4, 0.5) is 5.82 Å². The molecule has 3 rings (SSSR count). The molecule has 0 radical (unpaired) electrons. The first-order valence-electron chi connectivity index (χ1n) is 17.2. The largest absolute Gasteiger partial charge is 0.481 e. The van der Waals surface area contributed by atoms with E-state index in [4.69, 9.17) is 19.5 Å². The Balaban J connectivity index is 1.46. The molecule has 2 amide bonds. The first-order chi connectivity index (χ1) is 26.4. The number of nitrogens with two attached hydrogens (primary N) is 1. The van der Waals surface area contributed by atoms with Gasteiger partial charge in [0.05, 0.1) is 25.6 Å². The van der Waals surface area contributed by atoms with Gasteiger partial charge in [-0.15, -0.1) is 0 Å². The molecule has 1 aliphatic heterocycles. The number of nitrogens with zero attached hydrogens (tertiary/aromatic N) is 4. The Hall–Kier alpha value is -2.48. The van der Waals surface area contributed by atoms with Crippen LogP contribution in [0.25, 0.3) is 11.2 Å². The van der Waals surface area contributed by atoms with Crippen LogP contribution in [-0.4, -0.2) is 134 Å². The van der Waals surface area contributed by atoms with Gasteiger partial charge in [-0.25, -0.2) is 28.6 Å². The fourth-order valence-electron chi connectivity index (χ4n) is 5.09. The highest BCUT2D eigenvalue weighted by Gasteiger charge is 2.50. The van der Waals surface area contributed by atoms with E-state index in [0.29, 0.717) is 6.42 Å². The Bertz CT molecular complexity index is 1830. The zero-order chi connectivity index (χ0) is 42.8. The molecule has 8 atom stereocenters. The van der Waals surface area contributed by atoms with E-state index in [9.17, 15) is 63.0 Å². The Morgan fingerprint density at radius 3 is 2.40 bits per heavy atom. The summed E-state index contributed by atoms with van der Waals surface area (Å²) in [7, 11) is -16.4. The van der Waals surface area contributed by atoms with Gasteiger partial charge in [0.15, 0.2) is 22.8 Å². The summed E-state index contributed by atoms with van der Waals surface area (Å²) < 4.78 is 62.1. The van der Waals surface area contributed by atoms with Crippen molar-refractivity contribution < 1.29 is 85.6 Å². The van der Waals surface area contributed by atoms with Gasteiger partial charge in [0.1, 0.15) is 36.3 Å². The number of aliphatic hydroxyl groups excluding tert-OH is 3. The molecule has 0 spiro atoms. The molecule has 57 heavy (non-hydrogen) atoms. The van der Waals surface area contributed by atoms with Crippen LogP contribution in [0.15, 0.2) is 12.7 Å². The zero-order valence-corrected chi connectivity index (χ0v) is 34.4. The third-order valence-corrected chi connectivity index (χ3v) is 12.1. The van der Waals surface area contributed by atoms with Crippen LogP contribution in [0, 0.1) is 5.41 Å². The van der Waals surface area contributed by atoms with Gasteiger partial charge in [0.2, 0.25) is 11.8 Å². The van der Waals surface area contributed by atoms with E-state index in [0.717, 1.165) is 41.8 Å². The molecule has 0 aliphatic carbocycles. The summed E-state index contributed by atoms with van der Waals surface area (Å²) in [6, 6.07) is 0. The van der Waals surface area contributed by atoms with Crippen molar-refractivity contribution in [2.24, 2.45) is 5.41 Å². The van der Waals surface area contributed by atoms with E-state index in [-0.39, 0.29) is 53.8 Å². The SMILES string of the molecule is CCCCC(O)CC(=O)SCCNC(=O)CCNC(=O)[C@H](O)C(C)(C)COP(=O)(O)OP(=O)(O)OC[C@H]1O[C@@H](n2cnc3c(N)ncnc32)[C@H](O)[C@@H]1OP(=O)(O)O. The molecule has 3 heterocycles. The lowest BCUT2D eigenvalue weighted by molar-refractivity contribution is -0.137. The van der Waals surface area contributed by atoms with E-state index in [1.54, 1.807) is 0 Å². The molecule has 0 aromatic carbocycles. The number of hydrogen-bond donors (Lipinski definition) is 10. The van der Waals surface area contributed by atoms with Crippen molar-refractivity contribution in [1.29, 1.82) is 0 Å². The van der Waals surface area contributed by atoms with Crippen molar-refractivity contribution in [3.05, 3.63) is 12.7 Å². The number of fused-ring (bicyclic) bond motifs is 1. The highest BCUT2D eigenvalue weighted by Crippen LogP contribution is 2.61. The number of rotatable bonds is 24. The van der Waals surface area contributed by atoms with Gasteiger partial charge < -0.3 is 56.0 Å². The van der Waals surface area contributed by atoms with Crippen LogP contribution in [0.3, 0.4) is 0 Å². The van der Waals surface area contributed by atoms with Crippen LogP contribution >= 0.6 is 35.2 Å². The molecule has 11 N–H and O–H groups in total. The van der Waals surface area contributed by atoms with Gasteiger partial charge in [-0.3, -0.25) is 32.5 Å². The van der Waals surface area contributed by atoms with Gasteiger partial charge in [0.25, 0.3) is 0 Å². The van der Waals surface area contributed by atoms with Crippen LogP contribution in [0.5, 0.6) is 0 Å². The number of ether oxygens (including phenoxy) is 1. The van der Waals surface area contributed by atoms with Gasteiger partial charge in [-0.1, -0.05) is 45.4 Å². The maximum absolute atomic E-state index is 12.7. The molecule has 3 unspecified atom stereocenters. The lowest BCUT2D eigenvalue weighted by atomic mass is 9.87. The number of hydrogen-bond acceptors (Lipinski definition) is 19. The minimum atomic E-state index is -5.58. The summed E-state index contributed by atoms with van der Waals surface area (Å²) >= 11 is 0.972. The molecule has 324 valence electrons. The minimum absolute atomic E-state index is 0.0144. The maximum Gasteiger partial charge on any atom is 0.481 e. The van der Waals surface area contributed by atoms with Crippen LogP contribution < -0.4 is 16.4 Å². The number of nitrogens with one attached hydrogen (secondary N) is 2. The quantitative estimate of drug-likeness (QED) is 0.0473. The highest BCUT2D eigenvalue weighted by atomic mass is 32.2. The predicted molar refractivity (Wildman–Crippen MR) is 197 cm³/mol. The maximum atomic E-state index is 12.7. The number of anilines is 1. The Kier molecular flexibility index (Phi) is 18.2. The van der Waals surface area contributed by atoms with Crippen molar-refractivity contribution in [2.45, 2.75) is 89.6 Å². The van der Waals surface area contributed by atoms with Gasteiger partial charge in [0, 0.05) is 37.1 Å². The molecule has 0 bridgehead atoms. The Labute approximate surface area is 329 Å². The standard InChI is InChI=1S/C28H48N7O18P3S/c1-4-5-6-16(36)11-19(38)57-10-9-30-18(37)7-8-31-26(41)23(40)28(2,3)13-50-56(47,48)53-55(45,46)49-12-17-22(52-54(42,43)44)21(39)27(51-17)35-15-34-20-24(29)32-14-33-25(20)35/h14-17,21-23,27,36,39-40H,4-13H2,1-3H3,(H,30,37)(H,31,41)(H,45,46)(H,47,48)(H2,29,32,33)(H2,42,43,44)/t16?,17-,21-,22-,23+,27-/m1/s1. The molecule has 29 heteroatoms. The number of nitrogen functional groups attached to an aromatic ring is 1. The van der Waals surface area contributed by atoms with E-state index >= 15 is 0 Å². The Morgan fingerprint density at radius 2 is 1.74 bits per heavy atom. The molecule has 1 saturated heterocycles. The first-order valence-corrected chi connectivity index (χ1v) is 22.7. The first kappa shape index (κ1) is 48.9. The van der Waals surface area contributed by atoms with Crippen LogP contribution in [0.1, 0.15) is 59.1 Å². The summed E-state index contributed by atoms with van der Waals surface area (Å²) in [6.45, 7) is 2.35. The Morgan fingerprint density at radius 1 is 1.05 bits per heavy atom. The topological polar surface area (TPSA) is 384 Å². The summed E-state index contributed by atoms with van der Waals surface area (Å²) in [5.41, 5.74) is 4.24. The predicted octanol–water partition coefficient (Wildman–Crippen LogP) is -0.394. The molecule has 2 aromatic heterocycles. The minimum Gasteiger partial charge on any atom is -0.393 e. The molecule has 25 nitrogen and oxygen atoms in total. The number of unbranched alkanes of at least 4 members (excludes halogenated alkanes) is 1. The second-order valence-electron chi connectivity index (χ2n) is 13.3. The number of aromatic nitrogens is 4. The van der Waals surface area contributed by atoms with Crippen LogP contribution in [-0.2, 0) is 50.7 Å². The zero-order valence-electron chi connectivity index (χ0n) is 30.9. The van der Waals surface area contributed by atoms with Gasteiger partial charge in [-0.2, -0.15) is 4.31 Å². The number of phosphoric ester groups is 3. The lowest BCUT2D eigenvalue weighted by Gasteiger charge is -2.30. The number of carbonyl (C=O) groups is 3. The van der Waals surface area contributed by atoms with Crippen molar-refractivity contribution in [2.75, 3.05) is 37.8 Å². The number of phosphoric acid groups is 3. The normalized spacial score (nSPS) is 22.1. The third-order valence-electron chi connectivity index (χ3n) is 8.06. The van der Waals surface area contributed by atoms with Crippen molar-refractivity contribution in [1.82, 2.24) is 30.2 Å². The fourth-order valence-corrected chi connectivity index (χ4v) is 8.66. The fraction of sp³-hybridized carbons (Fsp3) is 0.714. The number of imidazole rings is 1. The second-order valence-corrected chi connectivity index (χ2v) is 18.7. The second kappa shape index (κ2) is 21.2. The van der Waals surface area contributed by atoms with E-state index in [1.165, 1.54) is 13.8 Å². The summed E-state index contributed by atoms with van der Waals surface area (Å²) in [4.78, 5) is 87.5. The van der Waals surface area contributed by atoms with Crippen molar-refractivity contribution >= 4 is 69.1 Å². The number of aliphatic hydroxyl groups is 3. The molecular weight excluding hydrogens is 847 g/mol. The van der Waals surface area contributed by atoms with Gasteiger partial charge >= 0.3 is 23.5 Å². The average Bonchev–Trinajstić information content (AvgIpc) is 3.67. The number of thioether (sulfide) groups is 1. The molecular formula is C28H48N7O18P3S. The lowest BCUT2D eigenvalue weighted by Crippen LogP contribution is -2.46. The smallest absolute Gasteiger partial charge is 0.393 e. The third kappa shape index (κ3) is 15.6. The molecule has 0 saturated carbocycles. The molecule has 1 fully saturated rings. The van der Waals surface area contributed by atoms with Gasteiger partial charge in [-0.05, 0) is 6.42 Å². The average molecular weight is 896 g/mol. The monoisotopic (exact) mass is 895 g/mol. The summed E-state index contributed by atoms with van der Waals surface area (Å²) in [6.07, 6.45) is -5.44. The number of amides is 2. The van der Waals surface area contributed by atoms with E-state index < -0.39 is 90.7 Å². The van der Waals surface area contributed by atoms with E-state index in [1.807, 2.05) is 6.92 Å². The van der Waals surface area contributed by atoms with Crippen LogP contribution in [0.2, 0.25) is 0 Å². The number of carbonyl (C=O) groups excluding carboxylic acids is 3. The summed E-state index contributed by atoms with van der Waals surface area (Å²) in [5, 5.41) is 35.9. The highest BCUT2D eigenvalue weighted by molar-refractivity contribution is 8.13. The molecule has 2 aromatic rings. The summed E-state index contributed by atoms with van der Waals surface area (Å²) in [5.74, 6) is -1.24. The van der Waals surface area contributed by atoms with E-state index in [2.05, 4.69) is 34.4 Å². The van der Waals surface area contributed by atoms with Crippen molar-refractivity contribution in [3.8, 4) is 0 Å².